The zero-order valence-electron chi connectivity index (χ0n) is 37.6. The van der Waals surface area contributed by atoms with Gasteiger partial charge in [0.1, 0.15) is 0 Å². The van der Waals surface area contributed by atoms with Crippen molar-refractivity contribution in [3.05, 3.63) is 261 Å². The second-order valence-corrected chi connectivity index (χ2v) is 17.5. The standard InChI is InChI=1S/C64H43N5/c1-4-16-44(17-5-1)49-38-50(45-18-6-2-7-19-45)40-54(39-49)67(52-33-28-46(29-34-52)47-30-35-53(36-31-47)68-60-25-13-10-22-56(60)57-23-11-14-26-61(57)68)55-42-65-64(66-43-55)48-32-37-59-58-24-12-15-27-62(58)69(63(59)41-48)51-20-8-3-9-21-51/h1-43H. The van der Waals surface area contributed by atoms with E-state index in [4.69, 9.17) is 9.97 Å². The molecular weight excluding hydrogens is 839 g/mol. The van der Waals surface area contributed by atoms with Gasteiger partial charge in [-0.3, -0.25) is 0 Å². The Morgan fingerprint density at radius 2 is 0.667 bits per heavy atom. The quantitative estimate of drug-likeness (QED) is 0.145. The Balaban J connectivity index is 0.908. The van der Waals surface area contributed by atoms with Gasteiger partial charge in [0.15, 0.2) is 5.82 Å². The molecule has 0 amide bonds. The van der Waals surface area contributed by atoms with Crippen LogP contribution in [-0.4, -0.2) is 19.1 Å². The fourth-order valence-electron chi connectivity index (χ4n) is 10.1. The topological polar surface area (TPSA) is 38.9 Å². The third-order valence-electron chi connectivity index (χ3n) is 13.4. The van der Waals surface area contributed by atoms with E-state index in [1.54, 1.807) is 0 Å². The number of hydrogen-bond acceptors (Lipinski definition) is 3. The Hall–Kier alpha value is -9.32. The molecule has 0 spiro atoms. The molecule has 69 heavy (non-hydrogen) atoms. The Kier molecular flexibility index (Phi) is 9.76. The normalized spacial score (nSPS) is 11.5. The molecular formula is C64H43N5. The van der Waals surface area contributed by atoms with Crippen molar-refractivity contribution < 1.29 is 0 Å². The van der Waals surface area contributed by atoms with Crippen molar-refractivity contribution in [3.8, 4) is 56.1 Å². The van der Waals surface area contributed by atoms with E-state index >= 15 is 0 Å². The van der Waals surface area contributed by atoms with Gasteiger partial charge in [-0.1, -0.05) is 170 Å². The molecule has 0 aliphatic carbocycles. The highest BCUT2D eigenvalue weighted by atomic mass is 15.2. The van der Waals surface area contributed by atoms with Gasteiger partial charge >= 0.3 is 0 Å². The number of fused-ring (bicyclic) bond motifs is 6. The Labute approximate surface area is 400 Å². The van der Waals surface area contributed by atoms with Gasteiger partial charge in [-0.2, -0.15) is 0 Å². The van der Waals surface area contributed by atoms with E-state index in [1.165, 1.54) is 32.6 Å². The van der Waals surface area contributed by atoms with E-state index in [-0.39, 0.29) is 0 Å². The molecule has 3 heterocycles. The van der Waals surface area contributed by atoms with Gasteiger partial charge in [-0.05, 0) is 112 Å². The average molecular weight is 882 g/mol. The van der Waals surface area contributed by atoms with Crippen LogP contribution < -0.4 is 4.90 Å². The van der Waals surface area contributed by atoms with Gasteiger partial charge in [-0.25, -0.2) is 9.97 Å². The third-order valence-corrected chi connectivity index (χ3v) is 13.4. The SMILES string of the molecule is c1ccc(-c2cc(-c3ccccc3)cc(N(c3ccc(-c4ccc(-n5c6ccccc6c6ccccc65)cc4)cc3)c3cnc(-c4ccc5c6ccccc6n(-c6ccccc6)c5c4)nc3)c2)cc1. The van der Waals surface area contributed by atoms with Crippen LogP contribution in [0, 0.1) is 0 Å². The van der Waals surface area contributed by atoms with Gasteiger partial charge in [0.05, 0.1) is 40.1 Å². The number of nitrogens with zero attached hydrogens (tertiary/aromatic N) is 5. The van der Waals surface area contributed by atoms with Crippen molar-refractivity contribution >= 4 is 60.7 Å². The molecule has 5 heteroatoms. The third kappa shape index (κ3) is 7.12. The molecule has 13 rings (SSSR count). The van der Waals surface area contributed by atoms with Crippen molar-refractivity contribution in [2.24, 2.45) is 0 Å². The van der Waals surface area contributed by atoms with Gasteiger partial charge in [0.2, 0.25) is 0 Å². The minimum atomic E-state index is 0.660. The number of rotatable bonds is 9. The van der Waals surface area contributed by atoms with Crippen LogP contribution in [0.25, 0.3) is 99.8 Å². The lowest BCUT2D eigenvalue weighted by atomic mass is 9.97. The van der Waals surface area contributed by atoms with Crippen molar-refractivity contribution in [3.63, 3.8) is 0 Å². The van der Waals surface area contributed by atoms with E-state index in [0.717, 1.165) is 78.4 Å². The lowest BCUT2D eigenvalue weighted by Crippen LogP contribution is -2.11. The van der Waals surface area contributed by atoms with Crippen LogP contribution in [0.5, 0.6) is 0 Å². The van der Waals surface area contributed by atoms with Crippen LogP contribution in [0.2, 0.25) is 0 Å². The smallest absolute Gasteiger partial charge is 0.159 e. The molecule has 0 radical (unpaired) electrons. The molecule has 0 bridgehead atoms. The van der Waals surface area contributed by atoms with Crippen molar-refractivity contribution in [2.75, 3.05) is 4.90 Å². The molecule has 0 saturated heterocycles. The Morgan fingerprint density at radius 3 is 1.20 bits per heavy atom. The predicted octanol–water partition coefficient (Wildman–Crippen LogP) is 16.8. The number of para-hydroxylation sites is 4. The van der Waals surface area contributed by atoms with Gasteiger partial charge in [0, 0.05) is 49.9 Å². The summed E-state index contributed by atoms with van der Waals surface area (Å²) in [5.74, 6) is 0.660. The highest BCUT2D eigenvalue weighted by Crippen LogP contribution is 2.41. The van der Waals surface area contributed by atoms with Crippen molar-refractivity contribution in [1.29, 1.82) is 0 Å². The second kappa shape index (κ2) is 16.8. The van der Waals surface area contributed by atoms with Crippen LogP contribution >= 0.6 is 0 Å². The summed E-state index contributed by atoms with van der Waals surface area (Å²) in [5.41, 5.74) is 17.5. The molecule has 324 valence electrons. The monoisotopic (exact) mass is 881 g/mol. The summed E-state index contributed by atoms with van der Waals surface area (Å²) in [6, 6.07) is 88.8. The maximum absolute atomic E-state index is 5.11. The summed E-state index contributed by atoms with van der Waals surface area (Å²) in [7, 11) is 0. The molecule has 0 aliphatic rings. The first-order valence-electron chi connectivity index (χ1n) is 23.4. The van der Waals surface area contributed by atoms with Crippen LogP contribution in [-0.2, 0) is 0 Å². The predicted molar refractivity (Wildman–Crippen MR) is 287 cm³/mol. The fraction of sp³-hybridized carbons (Fsp3) is 0. The van der Waals surface area contributed by atoms with Crippen molar-refractivity contribution in [1.82, 2.24) is 19.1 Å². The summed E-state index contributed by atoms with van der Waals surface area (Å²) >= 11 is 0. The highest BCUT2D eigenvalue weighted by Gasteiger charge is 2.19. The Bertz CT molecular complexity index is 3860. The first-order chi connectivity index (χ1) is 34.2. The van der Waals surface area contributed by atoms with E-state index in [9.17, 15) is 0 Å². The molecule has 10 aromatic carbocycles. The minimum absolute atomic E-state index is 0.660. The fourth-order valence-corrected chi connectivity index (χ4v) is 10.1. The summed E-state index contributed by atoms with van der Waals surface area (Å²) in [4.78, 5) is 12.5. The van der Waals surface area contributed by atoms with Crippen molar-refractivity contribution in [2.45, 2.75) is 0 Å². The maximum atomic E-state index is 5.11. The average Bonchev–Trinajstić information content (AvgIpc) is 3.95. The number of aromatic nitrogens is 4. The summed E-state index contributed by atoms with van der Waals surface area (Å²) in [5, 5.41) is 4.92. The molecule has 13 aromatic rings. The first kappa shape index (κ1) is 40.0. The number of hydrogen-bond donors (Lipinski definition) is 0. The lowest BCUT2D eigenvalue weighted by molar-refractivity contribution is 1.14. The molecule has 0 N–H and O–H groups in total. The minimum Gasteiger partial charge on any atom is -0.309 e. The molecule has 0 atom stereocenters. The maximum Gasteiger partial charge on any atom is 0.159 e. The van der Waals surface area contributed by atoms with Gasteiger partial charge in [0.25, 0.3) is 0 Å². The second-order valence-electron chi connectivity index (χ2n) is 17.5. The van der Waals surface area contributed by atoms with Crippen LogP contribution in [0.1, 0.15) is 0 Å². The zero-order chi connectivity index (χ0) is 45.7. The number of benzene rings is 10. The summed E-state index contributed by atoms with van der Waals surface area (Å²) in [6.45, 7) is 0. The first-order valence-corrected chi connectivity index (χ1v) is 23.4. The molecule has 0 fully saturated rings. The van der Waals surface area contributed by atoms with E-state index in [1.807, 2.05) is 12.4 Å². The molecule has 0 unspecified atom stereocenters. The van der Waals surface area contributed by atoms with Crippen LogP contribution in [0.15, 0.2) is 261 Å². The zero-order valence-corrected chi connectivity index (χ0v) is 37.6. The van der Waals surface area contributed by atoms with E-state index in [2.05, 4.69) is 263 Å². The van der Waals surface area contributed by atoms with Gasteiger partial charge in [-0.15, -0.1) is 0 Å². The van der Waals surface area contributed by atoms with E-state index in [0.29, 0.717) is 5.82 Å². The summed E-state index contributed by atoms with van der Waals surface area (Å²) < 4.78 is 4.69. The van der Waals surface area contributed by atoms with Gasteiger partial charge < -0.3 is 14.0 Å². The Morgan fingerprint density at radius 1 is 0.261 bits per heavy atom. The number of anilines is 3. The molecule has 3 aromatic heterocycles. The molecule has 0 saturated carbocycles. The molecule has 0 aliphatic heterocycles. The largest absolute Gasteiger partial charge is 0.309 e. The van der Waals surface area contributed by atoms with E-state index < -0.39 is 0 Å². The molecule has 5 nitrogen and oxygen atoms in total. The van der Waals surface area contributed by atoms with Crippen LogP contribution in [0.3, 0.4) is 0 Å². The summed E-state index contributed by atoms with van der Waals surface area (Å²) in [6.07, 6.45) is 3.91. The highest BCUT2D eigenvalue weighted by molar-refractivity contribution is 6.11. The van der Waals surface area contributed by atoms with Crippen LogP contribution in [0.4, 0.5) is 17.1 Å². The lowest BCUT2D eigenvalue weighted by Gasteiger charge is -2.26.